The van der Waals surface area contributed by atoms with E-state index in [0.29, 0.717) is 24.5 Å². The molecular weight excluding hydrogens is 391 g/mol. The van der Waals surface area contributed by atoms with Crippen molar-refractivity contribution in [1.82, 2.24) is 10.2 Å². The molecule has 0 aromatic heterocycles. The summed E-state index contributed by atoms with van der Waals surface area (Å²) >= 11 is 0. The van der Waals surface area contributed by atoms with E-state index in [4.69, 9.17) is 14.2 Å². The minimum Gasteiger partial charge on any atom is -0.493 e. The molecule has 7 nitrogen and oxygen atoms in total. The van der Waals surface area contributed by atoms with Gasteiger partial charge in [0.15, 0.2) is 11.5 Å². The van der Waals surface area contributed by atoms with Gasteiger partial charge >= 0.3 is 12.0 Å². The molecule has 2 atom stereocenters. The number of nitrogens with zero attached hydrogens (tertiary/aromatic N) is 1. The fourth-order valence-electron chi connectivity index (χ4n) is 3.67. The lowest BCUT2D eigenvalue weighted by molar-refractivity contribution is -0.142. The van der Waals surface area contributed by atoms with Crippen molar-refractivity contribution >= 4 is 12.0 Å². The Labute approximate surface area is 174 Å². The highest BCUT2D eigenvalue weighted by Crippen LogP contribution is 2.41. The smallest absolute Gasteiger partial charge is 0.328 e. The molecule has 30 heavy (non-hydrogen) atoms. The molecule has 1 aliphatic rings. The average molecular weight is 416 g/mol. The molecule has 0 aliphatic carbocycles. The number of amides is 2. The maximum Gasteiger partial charge on any atom is 0.328 e. The van der Waals surface area contributed by atoms with E-state index in [1.54, 1.807) is 38.2 Å². The van der Waals surface area contributed by atoms with Gasteiger partial charge in [0.1, 0.15) is 11.9 Å². The van der Waals surface area contributed by atoms with Crippen molar-refractivity contribution in [3.63, 3.8) is 0 Å². The van der Waals surface area contributed by atoms with Gasteiger partial charge in [0.2, 0.25) is 0 Å². The second-order valence-corrected chi connectivity index (χ2v) is 7.00. The van der Waals surface area contributed by atoms with E-state index >= 15 is 0 Å². The third kappa shape index (κ3) is 4.17. The molecule has 3 rings (SSSR count). The lowest BCUT2D eigenvalue weighted by Gasteiger charge is -2.38. The molecule has 8 heteroatoms. The van der Waals surface area contributed by atoms with Crippen LogP contribution >= 0.6 is 0 Å². The summed E-state index contributed by atoms with van der Waals surface area (Å²) in [5.74, 6) is 0.239. The summed E-state index contributed by atoms with van der Waals surface area (Å²) < 4.78 is 29.1. The number of hydrogen-bond acceptors (Lipinski definition) is 5. The van der Waals surface area contributed by atoms with Gasteiger partial charge in [0.25, 0.3) is 0 Å². The van der Waals surface area contributed by atoms with Crippen molar-refractivity contribution in [3.8, 4) is 11.5 Å². The Kier molecular flexibility index (Phi) is 6.44. The quantitative estimate of drug-likeness (QED) is 0.758. The fourth-order valence-corrected chi connectivity index (χ4v) is 3.67. The number of methoxy groups -OCH3 is 3. The lowest BCUT2D eigenvalue weighted by Crippen LogP contribution is -2.50. The van der Waals surface area contributed by atoms with Gasteiger partial charge in [0.05, 0.1) is 27.4 Å². The van der Waals surface area contributed by atoms with Gasteiger partial charge in [-0.05, 0) is 54.3 Å². The van der Waals surface area contributed by atoms with Crippen LogP contribution in [0.2, 0.25) is 0 Å². The SMILES string of the molecule is COC(=O)[C@H](C)NC(=O)N1CCc2cc(OC)c(OC)cc2[C@H]1c1ccc(F)cc1. The highest BCUT2D eigenvalue weighted by atomic mass is 19.1. The van der Waals surface area contributed by atoms with E-state index in [0.717, 1.165) is 16.7 Å². The number of nitrogens with one attached hydrogen (secondary N) is 1. The van der Waals surface area contributed by atoms with Gasteiger partial charge in [-0.3, -0.25) is 0 Å². The normalized spacial score (nSPS) is 16.3. The first-order valence-corrected chi connectivity index (χ1v) is 9.54. The third-order valence-corrected chi connectivity index (χ3v) is 5.22. The van der Waals surface area contributed by atoms with E-state index in [1.165, 1.54) is 19.2 Å². The number of hydrogen-bond donors (Lipinski definition) is 1. The van der Waals surface area contributed by atoms with Crippen molar-refractivity contribution in [2.24, 2.45) is 0 Å². The molecule has 2 amide bonds. The molecule has 0 unspecified atom stereocenters. The second kappa shape index (κ2) is 9.02. The summed E-state index contributed by atoms with van der Waals surface area (Å²) in [5, 5.41) is 2.68. The number of rotatable bonds is 5. The summed E-state index contributed by atoms with van der Waals surface area (Å²) in [5.41, 5.74) is 2.60. The maximum atomic E-state index is 13.5. The molecule has 1 N–H and O–H groups in total. The fraction of sp³-hybridized carbons (Fsp3) is 0.364. The molecule has 2 aromatic rings. The van der Waals surface area contributed by atoms with Crippen LogP contribution in [0.3, 0.4) is 0 Å². The predicted molar refractivity (Wildman–Crippen MR) is 108 cm³/mol. The summed E-state index contributed by atoms with van der Waals surface area (Å²) in [6.45, 7) is 1.96. The average Bonchev–Trinajstić information content (AvgIpc) is 2.77. The highest BCUT2D eigenvalue weighted by Gasteiger charge is 2.34. The van der Waals surface area contributed by atoms with Crippen LogP contribution in [0.25, 0.3) is 0 Å². The van der Waals surface area contributed by atoms with Crippen LogP contribution < -0.4 is 14.8 Å². The molecule has 1 aliphatic heterocycles. The Balaban J connectivity index is 2.04. The van der Waals surface area contributed by atoms with Crippen LogP contribution in [0, 0.1) is 5.82 Å². The molecule has 0 radical (unpaired) electrons. The molecule has 160 valence electrons. The largest absolute Gasteiger partial charge is 0.493 e. The number of ether oxygens (including phenoxy) is 3. The maximum absolute atomic E-state index is 13.5. The minimum absolute atomic E-state index is 0.364. The van der Waals surface area contributed by atoms with E-state index in [9.17, 15) is 14.0 Å². The molecule has 0 saturated heterocycles. The Morgan fingerprint density at radius 2 is 1.73 bits per heavy atom. The minimum atomic E-state index is -0.803. The van der Waals surface area contributed by atoms with Crippen LogP contribution in [-0.2, 0) is 16.0 Å². The number of urea groups is 1. The Morgan fingerprint density at radius 3 is 2.33 bits per heavy atom. The molecular formula is C22H25FN2O5. The standard InChI is InChI=1S/C22H25FN2O5/c1-13(21(26)30-4)24-22(27)25-10-9-15-11-18(28-2)19(29-3)12-17(15)20(25)14-5-7-16(23)8-6-14/h5-8,11-13,20H,9-10H2,1-4H3,(H,24,27)/t13-,20+/m0/s1. The highest BCUT2D eigenvalue weighted by molar-refractivity contribution is 5.84. The van der Waals surface area contributed by atoms with Crippen LogP contribution in [0.1, 0.15) is 29.7 Å². The van der Waals surface area contributed by atoms with Gasteiger partial charge in [-0.1, -0.05) is 12.1 Å². The summed E-state index contributed by atoms with van der Waals surface area (Å²) in [6, 6.07) is 8.05. The molecule has 1 heterocycles. The third-order valence-electron chi connectivity index (χ3n) is 5.22. The molecule has 0 spiro atoms. The van der Waals surface area contributed by atoms with E-state index < -0.39 is 24.1 Å². The van der Waals surface area contributed by atoms with Crippen molar-refractivity contribution in [2.75, 3.05) is 27.9 Å². The first kappa shape index (κ1) is 21.4. The molecule has 0 saturated carbocycles. The van der Waals surface area contributed by atoms with Gasteiger partial charge in [-0.15, -0.1) is 0 Å². The first-order chi connectivity index (χ1) is 14.4. The predicted octanol–water partition coefficient (Wildman–Crippen LogP) is 3.06. The number of halogens is 1. The van der Waals surface area contributed by atoms with Gasteiger partial charge in [0, 0.05) is 6.54 Å². The Morgan fingerprint density at radius 1 is 1.10 bits per heavy atom. The number of benzene rings is 2. The first-order valence-electron chi connectivity index (χ1n) is 9.54. The number of fused-ring (bicyclic) bond motifs is 1. The Hall–Kier alpha value is -3.29. The lowest BCUT2D eigenvalue weighted by atomic mass is 9.88. The molecule has 2 aromatic carbocycles. The van der Waals surface area contributed by atoms with Gasteiger partial charge in [-0.2, -0.15) is 0 Å². The van der Waals surface area contributed by atoms with Gasteiger partial charge in [-0.25, -0.2) is 14.0 Å². The monoisotopic (exact) mass is 416 g/mol. The molecule has 0 fully saturated rings. The van der Waals surface area contributed by atoms with Crippen LogP contribution in [0.15, 0.2) is 36.4 Å². The van der Waals surface area contributed by atoms with Crippen molar-refractivity contribution in [2.45, 2.75) is 25.4 Å². The second-order valence-electron chi connectivity index (χ2n) is 7.00. The van der Waals surface area contributed by atoms with E-state index in [-0.39, 0.29) is 5.82 Å². The Bertz CT molecular complexity index is 932. The number of esters is 1. The van der Waals surface area contributed by atoms with E-state index in [1.807, 2.05) is 12.1 Å². The number of carbonyl (C=O) groups excluding carboxylic acids is 2. The summed E-state index contributed by atoms with van der Waals surface area (Å²) in [7, 11) is 4.38. The summed E-state index contributed by atoms with van der Waals surface area (Å²) in [4.78, 5) is 26.4. The van der Waals surface area contributed by atoms with Gasteiger partial charge < -0.3 is 24.4 Å². The summed E-state index contributed by atoms with van der Waals surface area (Å²) in [6.07, 6.45) is 0.591. The zero-order valence-corrected chi connectivity index (χ0v) is 17.4. The van der Waals surface area contributed by atoms with Crippen molar-refractivity contribution < 1.29 is 28.2 Å². The van der Waals surface area contributed by atoms with Crippen LogP contribution in [-0.4, -0.2) is 50.8 Å². The van der Waals surface area contributed by atoms with Crippen molar-refractivity contribution in [3.05, 3.63) is 58.9 Å². The van der Waals surface area contributed by atoms with Crippen LogP contribution in [0.4, 0.5) is 9.18 Å². The number of carbonyl (C=O) groups is 2. The topological polar surface area (TPSA) is 77.1 Å². The van der Waals surface area contributed by atoms with Crippen molar-refractivity contribution in [1.29, 1.82) is 0 Å². The van der Waals surface area contributed by atoms with Crippen LogP contribution in [0.5, 0.6) is 11.5 Å². The zero-order valence-electron chi connectivity index (χ0n) is 17.4. The molecule has 0 bridgehead atoms. The van der Waals surface area contributed by atoms with E-state index in [2.05, 4.69) is 5.32 Å². The zero-order chi connectivity index (χ0) is 21.8.